The predicted octanol–water partition coefficient (Wildman–Crippen LogP) is 3.28. The monoisotopic (exact) mass is 585 g/mol. The molecule has 41 heavy (non-hydrogen) atoms. The molecule has 3 aromatic rings. The molecular formula is C26H26F3N9O2S. The van der Waals surface area contributed by atoms with E-state index < -0.39 is 17.6 Å². The number of anilines is 1. The summed E-state index contributed by atoms with van der Waals surface area (Å²) in [5.74, 6) is -0.409. The standard InChI is InChI=1S/C26H26F3N9O2S/c1-41-25(37-33-15-24(40)32-14-20-12-18(7-10-31-20)26(27,28)29)38-11-8-17(16-38)21-5-6-22(36-35-21)34-23(39)13-19-4-2-3-9-30-19/h2-7,9-10,12,15,17H,8,11,13-14,16H2,1H3,(H,32,40)(H,34,36,39)/b33-15+,37-25-. The van der Waals surface area contributed by atoms with E-state index in [1.807, 2.05) is 23.3 Å². The number of hydrogen-bond acceptors (Lipinski definition) is 9. The molecule has 0 aliphatic carbocycles. The van der Waals surface area contributed by atoms with Crippen molar-refractivity contribution in [2.45, 2.75) is 31.5 Å². The van der Waals surface area contributed by atoms with Crippen LogP contribution in [-0.2, 0) is 28.7 Å². The molecule has 0 saturated carbocycles. The summed E-state index contributed by atoms with van der Waals surface area (Å²) >= 11 is 1.37. The first kappa shape index (κ1) is 29.6. The molecule has 0 bridgehead atoms. The van der Waals surface area contributed by atoms with Crippen molar-refractivity contribution in [2.75, 3.05) is 24.7 Å². The molecule has 2 amide bonds. The second-order valence-corrected chi connectivity index (χ2v) is 9.68. The second kappa shape index (κ2) is 13.8. The number of rotatable bonds is 8. The highest BCUT2D eigenvalue weighted by Gasteiger charge is 2.30. The fourth-order valence-corrected chi connectivity index (χ4v) is 4.55. The topological polar surface area (TPSA) is 138 Å². The van der Waals surface area contributed by atoms with E-state index in [9.17, 15) is 22.8 Å². The maximum Gasteiger partial charge on any atom is 0.416 e. The molecule has 1 aliphatic rings. The Hall–Kier alpha value is -4.40. The molecule has 1 atom stereocenters. The third kappa shape index (κ3) is 8.79. The first-order valence-electron chi connectivity index (χ1n) is 12.4. The minimum Gasteiger partial charge on any atom is -0.349 e. The van der Waals surface area contributed by atoms with E-state index in [2.05, 4.69) is 41.0 Å². The molecule has 2 N–H and O–H groups in total. The summed E-state index contributed by atoms with van der Waals surface area (Å²) in [6.45, 7) is 1.12. The van der Waals surface area contributed by atoms with Gasteiger partial charge in [-0.05, 0) is 49.1 Å². The molecule has 0 radical (unpaired) electrons. The van der Waals surface area contributed by atoms with Crippen LogP contribution in [0.1, 0.15) is 35.0 Å². The summed E-state index contributed by atoms with van der Waals surface area (Å²) in [6, 6.07) is 10.7. The van der Waals surface area contributed by atoms with Crippen LogP contribution in [-0.4, -0.2) is 67.6 Å². The Morgan fingerprint density at radius 1 is 1.12 bits per heavy atom. The maximum atomic E-state index is 12.8. The summed E-state index contributed by atoms with van der Waals surface area (Å²) < 4.78 is 38.5. The molecule has 1 unspecified atom stereocenters. The van der Waals surface area contributed by atoms with Crippen LogP contribution in [0.5, 0.6) is 0 Å². The maximum absolute atomic E-state index is 12.8. The van der Waals surface area contributed by atoms with Crippen molar-refractivity contribution in [2.24, 2.45) is 10.2 Å². The van der Waals surface area contributed by atoms with Crippen LogP contribution in [0.2, 0.25) is 0 Å². The van der Waals surface area contributed by atoms with Crippen LogP contribution in [0.15, 0.2) is 65.1 Å². The van der Waals surface area contributed by atoms with Gasteiger partial charge in [-0.1, -0.05) is 17.8 Å². The molecule has 1 saturated heterocycles. The largest absolute Gasteiger partial charge is 0.416 e. The first-order chi connectivity index (χ1) is 19.7. The number of halogens is 3. The molecule has 0 spiro atoms. The zero-order valence-electron chi connectivity index (χ0n) is 21.9. The number of carbonyl (C=O) groups excluding carboxylic acids is 2. The van der Waals surface area contributed by atoms with Gasteiger partial charge in [0, 0.05) is 37.1 Å². The zero-order chi connectivity index (χ0) is 29.2. The number of amidine groups is 1. The van der Waals surface area contributed by atoms with E-state index in [0.29, 0.717) is 29.8 Å². The molecule has 1 aliphatic heterocycles. The number of hydrogen-bond donors (Lipinski definition) is 2. The van der Waals surface area contributed by atoms with Gasteiger partial charge in [-0.25, -0.2) is 0 Å². The molecule has 0 aromatic carbocycles. The fourth-order valence-electron chi connectivity index (χ4n) is 4.00. The van der Waals surface area contributed by atoms with Gasteiger partial charge in [0.25, 0.3) is 5.91 Å². The van der Waals surface area contributed by atoms with Crippen molar-refractivity contribution in [1.82, 2.24) is 30.4 Å². The zero-order valence-corrected chi connectivity index (χ0v) is 22.7. The fraction of sp³-hybridized carbons (Fsp3) is 0.308. The van der Waals surface area contributed by atoms with E-state index in [-0.39, 0.29) is 30.5 Å². The van der Waals surface area contributed by atoms with Gasteiger partial charge in [0.1, 0.15) is 6.21 Å². The third-order valence-corrected chi connectivity index (χ3v) is 6.69. The molecule has 4 heterocycles. The normalized spacial score (nSPS) is 15.8. The van der Waals surface area contributed by atoms with Crippen LogP contribution >= 0.6 is 11.8 Å². The Morgan fingerprint density at radius 3 is 2.66 bits per heavy atom. The van der Waals surface area contributed by atoms with Gasteiger partial charge in [0.2, 0.25) is 5.91 Å². The Balaban J connectivity index is 1.26. The second-order valence-electron chi connectivity index (χ2n) is 8.90. The summed E-state index contributed by atoms with van der Waals surface area (Å²) in [7, 11) is 0. The minimum absolute atomic E-state index is 0.0704. The van der Waals surface area contributed by atoms with Gasteiger partial charge in [0.05, 0.1) is 29.9 Å². The number of nitrogens with one attached hydrogen (secondary N) is 2. The number of carbonyl (C=O) groups is 2. The number of alkyl halides is 3. The SMILES string of the molecule is CS/C(=N\N=C\C(=O)NCc1cc(C(F)(F)F)ccn1)N1CCC(c2ccc(NC(=O)Cc3ccccn3)nn2)C1. The van der Waals surface area contributed by atoms with Crippen LogP contribution < -0.4 is 10.6 Å². The van der Waals surface area contributed by atoms with Crippen molar-refractivity contribution in [3.8, 4) is 0 Å². The lowest BCUT2D eigenvalue weighted by Crippen LogP contribution is -2.26. The Morgan fingerprint density at radius 2 is 1.95 bits per heavy atom. The van der Waals surface area contributed by atoms with Gasteiger partial charge in [0.15, 0.2) is 11.0 Å². The molecule has 11 nitrogen and oxygen atoms in total. The highest BCUT2D eigenvalue weighted by molar-refractivity contribution is 8.13. The van der Waals surface area contributed by atoms with Crippen molar-refractivity contribution in [3.05, 3.63) is 77.5 Å². The Labute approximate surface area is 237 Å². The minimum atomic E-state index is -4.49. The lowest BCUT2D eigenvalue weighted by molar-refractivity contribution is -0.137. The van der Waals surface area contributed by atoms with E-state index in [1.165, 1.54) is 11.8 Å². The van der Waals surface area contributed by atoms with E-state index in [0.717, 1.165) is 36.7 Å². The van der Waals surface area contributed by atoms with Crippen molar-refractivity contribution in [1.29, 1.82) is 0 Å². The van der Waals surface area contributed by atoms with Crippen LogP contribution in [0.3, 0.4) is 0 Å². The number of thioether (sulfide) groups is 1. The molecule has 15 heteroatoms. The van der Waals surface area contributed by atoms with Gasteiger partial charge in [-0.15, -0.1) is 10.2 Å². The number of likely N-dealkylation sites (tertiary alicyclic amines) is 1. The Kier molecular flexibility index (Phi) is 9.95. The lowest BCUT2D eigenvalue weighted by Gasteiger charge is -2.17. The first-order valence-corrected chi connectivity index (χ1v) is 13.7. The van der Waals surface area contributed by atoms with Crippen LogP contribution in [0.4, 0.5) is 19.0 Å². The summed E-state index contributed by atoms with van der Waals surface area (Å²) in [5.41, 5.74) is 0.667. The number of nitrogens with zero attached hydrogens (tertiary/aromatic N) is 7. The van der Waals surface area contributed by atoms with Crippen molar-refractivity contribution < 1.29 is 22.8 Å². The Bertz CT molecular complexity index is 1400. The highest BCUT2D eigenvalue weighted by Crippen LogP contribution is 2.29. The predicted molar refractivity (Wildman–Crippen MR) is 148 cm³/mol. The van der Waals surface area contributed by atoms with E-state index >= 15 is 0 Å². The summed E-state index contributed by atoms with van der Waals surface area (Å²) in [4.78, 5) is 34.3. The van der Waals surface area contributed by atoms with Gasteiger partial charge in [-0.2, -0.15) is 23.4 Å². The van der Waals surface area contributed by atoms with Crippen LogP contribution in [0.25, 0.3) is 0 Å². The summed E-state index contributed by atoms with van der Waals surface area (Å²) in [5, 5.41) is 22.2. The molecule has 214 valence electrons. The molecule has 3 aromatic heterocycles. The average Bonchev–Trinajstić information content (AvgIpc) is 3.45. The van der Waals surface area contributed by atoms with Gasteiger partial charge < -0.3 is 15.5 Å². The quantitative estimate of drug-likeness (QED) is 0.234. The van der Waals surface area contributed by atoms with Crippen molar-refractivity contribution >= 4 is 40.8 Å². The van der Waals surface area contributed by atoms with Gasteiger partial charge in [-0.3, -0.25) is 19.6 Å². The molecule has 4 rings (SSSR count). The average molecular weight is 586 g/mol. The van der Waals surface area contributed by atoms with Crippen LogP contribution in [0, 0.1) is 0 Å². The molecule has 1 fully saturated rings. The number of amides is 2. The number of aromatic nitrogens is 4. The third-order valence-electron chi connectivity index (χ3n) is 5.99. The summed E-state index contributed by atoms with van der Waals surface area (Å²) in [6.07, 6.45) is 1.91. The smallest absolute Gasteiger partial charge is 0.349 e. The highest BCUT2D eigenvalue weighted by atomic mass is 32.2. The lowest BCUT2D eigenvalue weighted by atomic mass is 10.1. The van der Waals surface area contributed by atoms with E-state index in [4.69, 9.17) is 0 Å². The molecular weight excluding hydrogens is 559 g/mol. The van der Waals surface area contributed by atoms with Crippen molar-refractivity contribution in [3.63, 3.8) is 0 Å². The van der Waals surface area contributed by atoms with E-state index in [1.54, 1.807) is 24.4 Å². The number of pyridine rings is 2. The van der Waals surface area contributed by atoms with Gasteiger partial charge >= 0.3 is 6.18 Å².